The van der Waals surface area contributed by atoms with Crippen LogP contribution in [0.25, 0.3) is 0 Å². The van der Waals surface area contributed by atoms with Crippen LogP contribution in [-0.2, 0) is 13.0 Å². The summed E-state index contributed by atoms with van der Waals surface area (Å²) in [5, 5.41) is 0. The maximum atomic E-state index is 13.7. The molecule has 0 aliphatic heterocycles. The van der Waals surface area contributed by atoms with Crippen LogP contribution in [0.4, 0.5) is 4.39 Å². The lowest BCUT2D eigenvalue weighted by molar-refractivity contribution is 0.299. The van der Waals surface area contributed by atoms with Gasteiger partial charge in [0, 0.05) is 11.6 Å². The Bertz CT molecular complexity index is 555. The summed E-state index contributed by atoms with van der Waals surface area (Å²) in [4.78, 5) is 0. The zero-order valence-electron chi connectivity index (χ0n) is 11.4. The predicted molar refractivity (Wildman–Crippen MR) is 76.5 cm³/mol. The van der Waals surface area contributed by atoms with Crippen molar-refractivity contribution in [1.29, 1.82) is 0 Å². The van der Waals surface area contributed by atoms with Crippen molar-refractivity contribution in [3.63, 3.8) is 0 Å². The van der Waals surface area contributed by atoms with Gasteiger partial charge in [-0.05, 0) is 42.8 Å². The fourth-order valence-electron chi connectivity index (χ4n) is 1.85. The van der Waals surface area contributed by atoms with Crippen LogP contribution in [0.5, 0.6) is 11.5 Å². The summed E-state index contributed by atoms with van der Waals surface area (Å²) < 4.78 is 24.3. The molecule has 2 aromatic rings. The van der Waals surface area contributed by atoms with E-state index in [-0.39, 0.29) is 12.4 Å². The van der Waals surface area contributed by atoms with E-state index in [0.717, 1.165) is 12.0 Å². The van der Waals surface area contributed by atoms with Crippen LogP contribution in [0.2, 0.25) is 0 Å². The smallest absolute Gasteiger partial charge is 0.133 e. The van der Waals surface area contributed by atoms with Gasteiger partial charge < -0.3 is 15.2 Å². The van der Waals surface area contributed by atoms with E-state index in [9.17, 15) is 4.39 Å². The molecule has 0 atom stereocenters. The number of rotatable bonds is 6. The first kappa shape index (κ1) is 14.3. The molecule has 0 fully saturated rings. The normalized spacial score (nSPS) is 10.3. The molecule has 0 amide bonds. The van der Waals surface area contributed by atoms with Gasteiger partial charge in [0.15, 0.2) is 0 Å². The maximum Gasteiger partial charge on any atom is 0.133 e. The zero-order valence-corrected chi connectivity index (χ0v) is 11.4. The number of ether oxygens (including phenoxy) is 2. The van der Waals surface area contributed by atoms with Crippen molar-refractivity contribution in [2.24, 2.45) is 5.73 Å². The molecule has 4 heteroatoms. The molecule has 0 bridgehead atoms. The highest BCUT2D eigenvalue weighted by atomic mass is 19.1. The largest absolute Gasteiger partial charge is 0.497 e. The Labute approximate surface area is 118 Å². The molecule has 3 nitrogen and oxygen atoms in total. The molecule has 0 aliphatic carbocycles. The summed E-state index contributed by atoms with van der Waals surface area (Å²) in [5.41, 5.74) is 7.15. The van der Waals surface area contributed by atoms with Crippen LogP contribution in [-0.4, -0.2) is 13.7 Å². The molecule has 2 N–H and O–H groups in total. The molecule has 0 heterocycles. The SMILES string of the molecule is COc1ccc(COc2ccc(CCN)cc2)c(F)c1. The highest BCUT2D eigenvalue weighted by molar-refractivity contribution is 5.30. The summed E-state index contributed by atoms with van der Waals surface area (Å²) in [7, 11) is 1.51. The van der Waals surface area contributed by atoms with Crippen molar-refractivity contribution in [1.82, 2.24) is 0 Å². The van der Waals surface area contributed by atoms with Crippen LogP contribution < -0.4 is 15.2 Å². The summed E-state index contributed by atoms with van der Waals surface area (Å²) in [6, 6.07) is 12.4. The highest BCUT2D eigenvalue weighted by Gasteiger charge is 2.05. The second-order valence-corrected chi connectivity index (χ2v) is 4.43. The van der Waals surface area contributed by atoms with Gasteiger partial charge in [-0.15, -0.1) is 0 Å². The average molecular weight is 275 g/mol. The number of benzene rings is 2. The van der Waals surface area contributed by atoms with Gasteiger partial charge in [-0.25, -0.2) is 4.39 Å². The lowest BCUT2D eigenvalue weighted by Crippen LogP contribution is -2.02. The summed E-state index contributed by atoms with van der Waals surface area (Å²) in [6.45, 7) is 0.809. The van der Waals surface area contributed by atoms with Gasteiger partial charge >= 0.3 is 0 Å². The highest BCUT2D eigenvalue weighted by Crippen LogP contribution is 2.19. The van der Waals surface area contributed by atoms with Crippen LogP contribution in [0.1, 0.15) is 11.1 Å². The van der Waals surface area contributed by atoms with E-state index in [1.165, 1.54) is 13.2 Å². The molecule has 0 unspecified atom stereocenters. The Morgan fingerprint density at radius 1 is 1.05 bits per heavy atom. The van der Waals surface area contributed by atoms with E-state index >= 15 is 0 Å². The van der Waals surface area contributed by atoms with E-state index in [0.29, 0.717) is 23.6 Å². The maximum absolute atomic E-state index is 13.7. The number of halogens is 1. The van der Waals surface area contributed by atoms with Crippen LogP contribution in [0.15, 0.2) is 42.5 Å². The monoisotopic (exact) mass is 275 g/mol. The van der Waals surface area contributed by atoms with Crippen LogP contribution >= 0.6 is 0 Å². The van der Waals surface area contributed by atoms with Crippen molar-refractivity contribution in [2.45, 2.75) is 13.0 Å². The van der Waals surface area contributed by atoms with Gasteiger partial charge in [-0.3, -0.25) is 0 Å². The molecule has 0 saturated carbocycles. The fraction of sp³-hybridized carbons (Fsp3) is 0.250. The molecule has 2 rings (SSSR count). The zero-order chi connectivity index (χ0) is 14.4. The van der Waals surface area contributed by atoms with Crippen LogP contribution in [0.3, 0.4) is 0 Å². The second kappa shape index (κ2) is 6.91. The third-order valence-corrected chi connectivity index (χ3v) is 3.01. The second-order valence-electron chi connectivity index (χ2n) is 4.43. The number of methoxy groups -OCH3 is 1. The van der Waals surface area contributed by atoms with Gasteiger partial charge in [0.1, 0.15) is 23.9 Å². The minimum Gasteiger partial charge on any atom is -0.497 e. The summed E-state index contributed by atoms with van der Waals surface area (Å²) in [5.74, 6) is 0.877. The first-order valence-electron chi connectivity index (χ1n) is 6.47. The third kappa shape index (κ3) is 3.71. The number of nitrogens with two attached hydrogens (primary N) is 1. The Hall–Kier alpha value is -2.07. The lowest BCUT2D eigenvalue weighted by Gasteiger charge is -2.09. The van der Waals surface area contributed by atoms with Gasteiger partial charge in [0.25, 0.3) is 0 Å². The van der Waals surface area contributed by atoms with Crippen LogP contribution in [0, 0.1) is 5.82 Å². The van der Waals surface area contributed by atoms with Gasteiger partial charge in [-0.1, -0.05) is 12.1 Å². The van der Waals surface area contributed by atoms with E-state index in [1.54, 1.807) is 12.1 Å². The molecule has 0 spiro atoms. The van der Waals surface area contributed by atoms with Gasteiger partial charge in [0.05, 0.1) is 7.11 Å². The summed E-state index contributed by atoms with van der Waals surface area (Å²) >= 11 is 0. The minimum absolute atomic E-state index is 0.187. The average Bonchev–Trinajstić information content (AvgIpc) is 2.48. The molecule has 20 heavy (non-hydrogen) atoms. The van der Waals surface area contributed by atoms with Crippen molar-refractivity contribution in [3.8, 4) is 11.5 Å². The number of hydrogen-bond donors (Lipinski definition) is 1. The molecule has 0 radical (unpaired) electrons. The fourth-order valence-corrected chi connectivity index (χ4v) is 1.85. The Kier molecular flexibility index (Phi) is 4.96. The number of hydrogen-bond acceptors (Lipinski definition) is 3. The van der Waals surface area contributed by atoms with Crippen molar-refractivity contribution in [3.05, 3.63) is 59.4 Å². The van der Waals surface area contributed by atoms with E-state index < -0.39 is 0 Å². The quantitative estimate of drug-likeness (QED) is 0.881. The Morgan fingerprint density at radius 3 is 2.35 bits per heavy atom. The van der Waals surface area contributed by atoms with E-state index in [1.807, 2.05) is 24.3 Å². The van der Waals surface area contributed by atoms with Crippen molar-refractivity contribution < 1.29 is 13.9 Å². The first-order valence-corrected chi connectivity index (χ1v) is 6.47. The molecule has 2 aromatic carbocycles. The van der Waals surface area contributed by atoms with E-state index in [2.05, 4.69) is 0 Å². The van der Waals surface area contributed by atoms with Crippen molar-refractivity contribution >= 4 is 0 Å². The Morgan fingerprint density at radius 2 is 1.75 bits per heavy atom. The van der Waals surface area contributed by atoms with Gasteiger partial charge in [0.2, 0.25) is 0 Å². The summed E-state index contributed by atoms with van der Waals surface area (Å²) in [6.07, 6.45) is 0.841. The van der Waals surface area contributed by atoms with Gasteiger partial charge in [-0.2, -0.15) is 0 Å². The molecular formula is C16H18FNO2. The molecule has 0 aliphatic rings. The first-order chi connectivity index (χ1) is 9.72. The molecule has 0 aromatic heterocycles. The Balaban J connectivity index is 1.97. The predicted octanol–water partition coefficient (Wildman–Crippen LogP) is 2.91. The topological polar surface area (TPSA) is 44.5 Å². The van der Waals surface area contributed by atoms with Crippen molar-refractivity contribution in [2.75, 3.05) is 13.7 Å². The van der Waals surface area contributed by atoms with E-state index in [4.69, 9.17) is 15.2 Å². The lowest BCUT2D eigenvalue weighted by atomic mass is 10.1. The molecule has 106 valence electrons. The molecule has 0 saturated heterocycles. The standard InChI is InChI=1S/C16H18FNO2/c1-19-15-7-4-13(16(17)10-15)11-20-14-5-2-12(3-6-14)8-9-18/h2-7,10H,8-9,11,18H2,1H3. The molecular weight excluding hydrogens is 257 g/mol. The third-order valence-electron chi connectivity index (χ3n) is 3.01. The minimum atomic E-state index is -0.330.